The van der Waals surface area contributed by atoms with Crippen molar-refractivity contribution in [1.29, 1.82) is 0 Å². The largest absolute Gasteiger partial charge is 0.360 e. The summed E-state index contributed by atoms with van der Waals surface area (Å²) < 4.78 is 0. The second-order valence-corrected chi connectivity index (χ2v) is 7.00. The Morgan fingerprint density at radius 3 is 2.74 bits per heavy atom. The Balaban J connectivity index is 1.79. The summed E-state index contributed by atoms with van der Waals surface area (Å²) >= 11 is 6.92. The highest BCUT2D eigenvalue weighted by Gasteiger charge is 2.14. The van der Waals surface area contributed by atoms with Gasteiger partial charge in [-0.3, -0.25) is 0 Å². The van der Waals surface area contributed by atoms with E-state index >= 15 is 0 Å². The summed E-state index contributed by atoms with van der Waals surface area (Å²) in [5.41, 5.74) is 0. The van der Waals surface area contributed by atoms with E-state index in [1.54, 1.807) is 11.3 Å². The molecule has 1 saturated carbocycles. The third-order valence-corrected chi connectivity index (χ3v) is 4.29. The molecule has 0 unspecified atom stereocenters. The topological polar surface area (TPSA) is 49.8 Å². The molecule has 1 aliphatic carbocycles. The van der Waals surface area contributed by atoms with Crippen molar-refractivity contribution in [2.75, 3.05) is 5.32 Å². The smallest absolute Gasteiger partial charge is 0.211 e. The van der Waals surface area contributed by atoms with E-state index in [-0.39, 0.29) is 0 Å². The minimum Gasteiger partial charge on any atom is -0.360 e. The third-order valence-electron chi connectivity index (χ3n) is 3.21. The van der Waals surface area contributed by atoms with Crippen LogP contribution in [0.5, 0.6) is 0 Å². The molecule has 0 bridgehead atoms. The number of thiocarbonyl (C=S) groups is 1. The predicted molar refractivity (Wildman–Crippen MR) is 84.7 cm³/mol. The number of anilines is 1. The van der Waals surface area contributed by atoms with Gasteiger partial charge in [-0.25, -0.2) is 0 Å². The summed E-state index contributed by atoms with van der Waals surface area (Å²) in [5.74, 6) is 0.605. The zero-order chi connectivity index (χ0) is 13.7. The number of aromatic nitrogens is 2. The zero-order valence-electron chi connectivity index (χ0n) is 11.6. The molecule has 4 nitrogen and oxygen atoms in total. The third kappa shape index (κ3) is 5.03. The lowest BCUT2D eigenvalue weighted by Gasteiger charge is -2.23. The van der Waals surface area contributed by atoms with Gasteiger partial charge in [-0.1, -0.05) is 44.4 Å². The van der Waals surface area contributed by atoms with Crippen LogP contribution in [0, 0.1) is 5.92 Å². The average molecular weight is 298 g/mol. The lowest BCUT2D eigenvalue weighted by atomic mass is 9.96. The fourth-order valence-corrected chi connectivity index (χ4v) is 3.59. The van der Waals surface area contributed by atoms with E-state index in [2.05, 4.69) is 34.7 Å². The van der Waals surface area contributed by atoms with Crippen LogP contribution in [0.25, 0.3) is 0 Å². The molecule has 0 radical (unpaired) electrons. The van der Waals surface area contributed by atoms with E-state index in [1.807, 2.05) is 0 Å². The van der Waals surface area contributed by atoms with Crippen LogP contribution < -0.4 is 10.6 Å². The standard InChI is InChI=1S/C13H22N4S2/c1-9(2)8-11-16-17-13(19-11)15-12(18)14-10-6-4-3-5-7-10/h9-10H,3-8H2,1-2H3,(H2,14,15,17,18). The zero-order valence-corrected chi connectivity index (χ0v) is 13.2. The van der Waals surface area contributed by atoms with E-state index in [1.165, 1.54) is 32.1 Å². The van der Waals surface area contributed by atoms with Crippen LogP contribution in [0.4, 0.5) is 5.13 Å². The average Bonchev–Trinajstić information content (AvgIpc) is 2.76. The van der Waals surface area contributed by atoms with Crippen molar-refractivity contribution in [3.8, 4) is 0 Å². The van der Waals surface area contributed by atoms with Crippen LogP contribution in [0.15, 0.2) is 0 Å². The molecular formula is C13H22N4S2. The first-order valence-electron chi connectivity index (χ1n) is 7.03. The highest BCUT2D eigenvalue weighted by Crippen LogP contribution is 2.19. The van der Waals surface area contributed by atoms with Crippen molar-refractivity contribution < 1.29 is 0 Å². The van der Waals surface area contributed by atoms with Crippen molar-refractivity contribution in [3.05, 3.63) is 5.01 Å². The van der Waals surface area contributed by atoms with E-state index in [0.717, 1.165) is 16.6 Å². The number of hydrogen-bond acceptors (Lipinski definition) is 4. The van der Waals surface area contributed by atoms with Gasteiger partial charge in [0.2, 0.25) is 5.13 Å². The quantitative estimate of drug-likeness (QED) is 0.835. The molecule has 0 spiro atoms. The number of nitrogens with zero attached hydrogens (tertiary/aromatic N) is 2. The van der Waals surface area contributed by atoms with E-state index in [4.69, 9.17) is 12.2 Å². The lowest BCUT2D eigenvalue weighted by Crippen LogP contribution is -2.38. The number of rotatable bonds is 4. The summed E-state index contributed by atoms with van der Waals surface area (Å²) in [6, 6.07) is 0.525. The first-order chi connectivity index (χ1) is 9.13. The van der Waals surface area contributed by atoms with Gasteiger partial charge in [0.05, 0.1) is 0 Å². The predicted octanol–water partition coefficient (Wildman–Crippen LogP) is 3.36. The monoisotopic (exact) mass is 298 g/mol. The van der Waals surface area contributed by atoms with Gasteiger partial charge in [0, 0.05) is 12.5 Å². The van der Waals surface area contributed by atoms with Gasteiger partial charge in [-0.2, -0.15) is 0 Å². The van der Waals surface area contributed by atoms with E-state index < -0.39 is 0 Å². The Morgan fingerprint density at radius 2 is 2.05 bits per heavy atom. The molecule has 0 aliphatic heterocycles. The molecule has 106 valence electrons. The Labute approximate surface area is 124 Å². The summed E-state index contributed by atoms with van der Waals surface area (Å²) in [5, 5.41) is 17.4. The minimum atomic E-state index is 0.525. The molecule has 1 fully saturated rings. The van der Waals surface area contributed by atoms with Crippen LogP contribution in [-0.4, -0.2) is 21.4 Å². The first kappa shape index (κ1) is 14.7. The fraction of sp³-hybridized carbons (Fsp3) is 0.769. The summed E-state index contributed by atoms with van der Waals surface area (Å²) in [6.07, 6.45) is 7.37. The number of nitrogens with one attached hydrogen (secondary N) is 2. The Bertz CT molecular complexity index is 411. The van der Waals surface area contributed by atoms with Gasteiger partial charge in [0.25, 0.3) is 0 Å². The molecule has 2 rings (SSSR count). The molecule has 1 aliphatic rings. The van der Waals surface area contributed by atoms with Crippen LogP contribution in [0.2, 0.25) is 0 Å². The van der Waals surface area contributed by atoms with Crippen molar-refractivity contribution >= 4 is 33.8 Å². The maximum Gasteiger partial charge on any atom is 0.211 e. The summed E-state index contributed by atoms with van der Waals surface area (Å²) in [7, 11) is 0. The molecule has 0 amide bonds. The maximum atomic E-state index is 5.33. The van der Waals surface area contributed by atoms with Gasteiger partial charge in [-0.15, -0.1) is 10.2 Å². The van der Waals surface area contributed by atoms with Gasteiger partial charge < -0.3 is 10.6 Å². The van der Waals surface area contributed by atoms with Crippen LogP contribution >= 0.6 is 23.6 Å². The Hall–Kier alpha value is -0.750. The highest BCUT2D eigenvalue weighted by atomic mass is 32.1. The van der Waals surface area contributed by atoms with Crippen molar-refractivity contribution in [1.82, 2.24) is 15.5 Å². The molecule has 0 saturated heterocycles. The lowest BCUT2D eigenvalue weighted by molar-refractivity contribution is 0.415. The highest BCUT2D eigenvalue weighted by molar-refractivity contribution is 7.80. The molecule has 19 heavy (non-hydrogen) atoms. The molecule has 0 aromatic carbocycles. The van der Waals surface area contributed by atoms with Crippen molar-refractivity contribution in [2.24, 2.45) is 5.92 Å². The molecule has 1 heterocycles. The van der Waals surface area contributed by atoms with Crippen molar-refractivity contribution in [3.63, 3.8) is 0 Å². The minimum absolute atomic E-state index is 0.525. The number of hydrogen-bond donors (Lipinski definition) is 2. The molecule has 1 aromatic heterocycles. The van der Waals surface area contributed by atoms with Crippen molar-refractivity contribution in [2.45, 2.75) is 58.4 Å². The van der Waals surface area contributed by atoms with E-state index in [9.17, 15) is 0 Å². The van der Waals surface area contributed by atoms with Crippen LogP contribution in [-0.2, 0) is 6.42 Å². The second kappa shape index (κ2) is 7.14. The summed E-state index contributed by atoms with van der Waals surface area (Å²) in [4.78, 5) is 0. The van der Waals surface area contributed by atoms with Crippen LogP contribution in [0.1, 0.15) is 51.0 Å². The summed E-state index contributed by atoms with van der Waals surface area (Å²) in [6.45, 7) is 4.37. The van der Waals surface area contributed by atoms with Gasteiger partial charge in [-0.05, 0) is 31.0 Å². The molecule has 1 aromatic rings. The Morgan fingerprint density at radius 1 is 1.32 bits per heavy atom. The first-order valence-corrected chi connectivity index (χ1v) is 8.26. The van der Waals surface area contributed by atoms with E-state index in [0.29, 0.717) is 17.1 Å². The Kier molecular flexibility index (Phi) is 5.51. The molecule has 6 heteroatoms. The van der Waals surface area contributed by atoms with Gasteiger partial charge in [0.15, 0.2) is 5.11 Å². The normalized spacial score (nSPS) is 16.6. The van der Waals surface area contributed by atoms with Crippen LogP contribution in [0.3, 0.4) is 0 Å². The van der Waals surface area contributed by atoms with Gasteiger partial charge >= 0.3 is 0 Å². The molecule has 2 N–H and O–H groups in total. The fourth-order valence-electron chi connectivity index (χ4n) is 2.30. The molecule has 0 atom stereocenters. The molecular weight excluding hydrogens is 276 g/mol. The second-order valence-electron chi connectivity index (χ2n) is 5.53. The maximum absolute atomic E-state index is 5.33. The SMILES string of the molecule is CC(C)Cc1nnc(NC(=S)NC2CCCCC2)s1. The van der Waals surface area contributed by atoms with Gasteiger partial charge in [0.1, 0.15) is 5.01 Å².